The van der Waals surface area contributed by atoms with Crippen molar-refractivity contribution in [3.05, 3.63) is 90.9 Å². The van der Waals surface area contributed by atoms with E-state index >= 15 is 0 Å². The number of aromatic amines is 1. The fraction of sp³-hybridized carbons (Fsp3) is 0.154. The Morgan fingerprint density at radius 2 is 2.08 bits per heavy atom. The molecule has 36 heavy (non-hydrogen) atoms. The summed E-state index contributed by atoms with van der Waals surface area (Å²) in [6.07, 6.45) is 10.2. The lowest BCUT2D eigenvalue weighted by molar-refractivity contribution is -0.115. The van der Waals surface area contributed by atoms with Gasteiger partial charge in [0.25, 0.3) is 0 Å². The fourth-order valence-electron chi connectivity index (χ4n) is 3.34. The molecule has 10 heteroatoms. The van der Waals surface area contributed by atoms with E-state index in [1.165, 1.54) is 11.8 Å². The first-order valence-corrected chi connectivity index (χ1v) is 12.3. The standard InChI is InChI=1S/C26H28N8OS/c1-4-6-9-19(8-5-2)27-17-24(35)28-20-11-13-21(14-12-20)36-26-30-25(22-10-7-15-34(22)33-26)29-23-16-18(3)31-32-23/h4,6-16,27H,1,5,17H2,2-3H3,(H,28,35)(H2,29,30,31,32,33)/b9-6-,19-8+. The summed E-state index contributed by atoms with van der Waals surface area (Å²) in [6, 6.07) is 13.4. The van der Waals surface area contributed by atoms with Crippen LogP contribution in [-0.2, 0) is 4.79 Å². The fourth-order valence-corrected chi connectivity index (χ4v) is 4.09. The summed E-state index contributed by atoms with van der Waals surface area (Å²) in [5.41, 5.74) is 3.41. The Balaban J connectivity index is 1.39. The highest BCUT2D eigenvalue weighted by Crippen LogP contribution is 2.28. The zero-order valence-corrected chi connectivity index (χ0v) is 21.0. The van der Waals surface area contributed by atoms with Crippen LogP contribution >= 0.6 is 11.8 Å². The normalized spacial score (nSPS) is 11.7. The molecule has 0 unspecified atom stereocenters. The maximum absolute atomic E-state index is 12.4. The van der Waals surface area contributed by atoms with E-state index in [-0.39, 0.29) is 12.5 Å². The number of nitrogens with zero attached hydrogens (tertiary/aromatic N) is 4. The van der Waals surface area contributed by atoms with Crippen molar-refractivity contribution in [2.24, 2.45) is 0 Å². The Kier molecular flexibility index (Phi) is 8.20. The van der Waals surface area contributed by atoms with Gasteiger partial charge >= 0.3 is 0 Å². The molecule has 3 aromatic heterocycles. The third-order valence-electron chi connectivity index (χ3n) is 4.96. The monoisotopic (exact) mass is 500 g/mol. The molecule has 4 N–H and O–H groups in total. The van der Waals surface area contributed by atoms with Gasteiger partial charge in [0.1, 0.15) is 5.52 Å². The van der Waals surface area contributed by atoms with E-state index in [0.29, 0.717) is 22.5 Å². The summed E-state index contributed by atoms with van der Waals surface area (Å²) in [5, 5.41) is 21.6. The Hall–Kier alpha value is -4.31. The van der Waals surface area contributed by atoms with Crippen LogP contribution in [0.3, 0.4) is 0 Å². The first-order valence-electron chi connectivity index (χ1n) is 11.5. The summed E-state index contributed by atoms with van der Waals surface area (Å²) < 4.78 is 1.78. The largest absolute Gasteiger partial charge is 0.376 e. The average Bonchev–Trinajstić information content (AvgIpc) is 3.51. The number of fused-ring (bicyclic) bond motifs is 1. The minimum atomic E-state index is -0.130. The number of amides is 1. The van der Waals surface area contributed by atoms with Crippen LogP contribution in [0.2, 0.25) is 0 Å². The molecule has 0 radical (unpaired) electrons. The molecule has 3 heterocycles. The van der Waals surface area contributed by atoms with Crippen molar-refractivity contribution >= 4 is 40.5 Å². The number of carbonyl (C=O) groups is 1. The van der Waals surface area contributed by atoms with Crippen molar-refractivity contribution in [1.29, 1.82) is 0 Å². The van der Waals surface area contributed by atoms with Crippen molar-refractivity contribution < 1.29 is 4.79 Å². The van der Waals surface area contributed by atoms with Gasteiger partial charge in [-0.3, -0.25) is 9.89 Å². The van der Waals surface area contributed by atoms with E-state index in [1.54, 1.807) is 10.6 Å². The zero-order chi connectivity index (χ0) is 25.3. The number of anilines is 3. The third kappa shape index (κ3) is 6.63. The molecule has 9 nitrogen and oxygen atoms in total. The molecule has 4 aromatic rings. The quantitative estimate of drug-likeness (QED) is 0.209. The number of benzene rings is 1. The van der Waals surface area contributed by atoms with Crippen LogP contribution in [0.1, 0.15) is 19.0 Å². The van der Waals surface area contributed by atoms with Gasteiger partial charge in [0.2, 0.25) is 11.1 Å². The first-order chi connectivity index (χ1) is 17.5. The van der Waals surface area contributed by atoms with Crippen molar-refractivity contribution in [2.75, 3.05) is 17.2 Å². The molecule has 0 saturated carbocycles. The minimum Gasteiger partial charge on any atom is -0.376 e. The molecule has 184 valence electrons. The second-order valence-corrected chi connectivity index (χ2v) is 8.87. The van der Waals surface area contributed by atoms with E-state index in [9.17, 15) is 4.79 Å². The number of hydrogen-bond donors (Lipinski definition) is 4. The molecule has 0 spiro atoms. The number of carbonyl (C=O) groups excluding carboxylic acids is 1. The van der Waals surface area contributed by atoms with Crippen LogP contribution in [-0.4, -0.2) is 37.2 Å². The molecule has 1 amide bonds. The van der Waals surface area contributed by atoms with Crippen LogP contribution in [0.5, 0.6) is 0 Å². The SMILES string of the molecule is C=C/C=C\C(=C/CC)NCC(=O)Nc1ccc(Sc2nc(Nc3cc(C)[nH]n3)c3cccn3n2)cc1. The molecule has 0 atom stereocenters. The maximum Gasteiger partial charge on any atom is 0.243 e. The first kappa shape index (κ1) is 24.8. The second-order valence-electron chi connectivity index (χ2n) is 7.83. The maximum atomic E-state index is 12.4. The number of aromatic nitrogens is 5. The molecule has 0 bridgehead atoms. The van der Waals surface area contributed by atoms with Crippen LogP contribution < -0.4 is 16.0 Å². The lowest BCUT2D eigenvalue weighted by Gasteiger charge is -2.10. The van der Waals surface area contributed by atoms with Crippen LogP contribution in [0.25, 0.3) is 5.52 Å². The van der Waals surface area contributed by atoms with E-state index in [4.69, 9.17) is 4.98 Å². The summed E-state index contributed by atoms with van der Waals surface area (Å²) in [4.78, 5) is 18.0. The Labute approximate surface area is 213 Å². The summed E-state index contributed by atoms with van der Waals surface area (Å²) in [5.74, 6) is 1.23. The molecule has 0 aliphatic rings. The highest BCUT2D eigenvalue weighted by atomic mass is 32.2. The van der Waals surface area contributed by atoms with Gasteiger partial charge in [0.05, 0.1) is 6.54 Å². The number of rotatable bonds is 11. The third-order valence-corrected chi connectivity index (χ3v) is 5.82. The van der Waals surface area contributed by atoms with E-state index in [2.05, 4.69) is 37.8 Å². The van der Waals surface area contributed by atoms with Gasteiger partial charge in [-0.25, -0.2) is 9.50 Å². The van der Waals surface area contributed by atoms with Gasteiger partial charge in [-0.15, -0.1) is 5.10 Å². The van der Waals surface area contributed by atoms with E-state index in [0.717, 1.165) is 28.2 Å². The highest BCUT2D eigenvalue weighted by molar-refractivity contribution is 7.99. The number of nitrogens with one attached hydrogen (secondary N) is 4. The second kappa shape index (κ2) is 11.9. The lowest BCUT2D eigenvalue weighted by Crippen LogP contribution is -2.27. The average molecular weight is 501 g/mol. The number of allylic oxidation sites excluding steroid dienone is 4. The van der Waals surface area contributed by atoms with Gasteiger partial charge in [-0.2, -0.15) is 5.10 Å². The van der Waals surface area contributed by atoms with Crippen LogP contribution in [0.4, 0.5) is 17.3 Å². The zero-order valence-electron chi connectivity index (χ0n) is 20.2. The van der Waals surface area contributed by atoms with E-state index < -0.39 is 0 Å². The number of aryl methyl sites for hydroxylation is 1. The molecule has 1 aromatic carbocycles. The lowest BCUT2D eigenvalue weighted by atomic mass is 10.3. The molecule has 0 fully saturated rings. The Morgan fingerprint density at radius 3 is 2.81 bits per heavy atom. The highest BCUT2D eigenvalue weighted by Gasteiger charge is 2.11. The van der Waals surface area contributed by atoms with Gasteiger partial charge in [0.15, 0.2) is 11.6 Å². The Morgan fingerprint density at radius 1 is 1.25 bits per heavy atom. The van der Waals surface area contributed by atoms with E-state index in [1.807, 2.05) is 80.7 Å². The summed E-state index contributed by atoms with van der Waals surface area (Å²) >= 11 is 1.43. The summed E-state index contributed by atoms with van der Waals surface area (Å²) in [6.45, 7) is 7.82. The van der Waals surface area contributed by atoms with Crippen LogP contribution in [0, 0.1) is 6.92 Å². The smallest absolute Gasteiger partial charge is 0.243 e. The molecule has 4 rings (SSSR count). The van der Waals surface area contributed by atoms with Crippen molar-refractivity contribution in [3.63, 3.8) is 0 Å². The number of H-pyrrole nitrogens is 1. The summed E-state index contributed by atoms with van der Waals surface area (Å²) in [7, 11) is 0. The van der Waals surface area contributed by atoms with Crippen molar-refractivity contribution in [3.8, 4) is 0 Å². The molecular weight excluding hydrogens is 472 g/mol. The topological polar surface area (TPSA) is 112 Å². The molecule has 0 saturated heterocycles. The molecule has 0 aliphatic heterocycles. The van der Waals surface area contributed by atoms with Gasteiger partial charge in [-0.05, 0) is 67.6 Å². The van der Waals surface area contributed by atoms with Crippen LogP contribution in [0.15, 0.2) is 95.3 Å². The number of hydrogen-bond acceptors (Lipinski definition) is 7. The van der Waals surface area contributed by atoms with Gasteiger partial charge in [0, 0.05) is 34.2 Å². The van der Waals surface area contributed by atoms with Gasteiger partial charge < -0.3 is 16.0 Å². The van der Waals surface area contributed by atoms with Crippen molar-refractivity contribution in [2.45, 2.75) is 30.3 Å². The molecule has 0 aliphatic carbocycles. The van der Waals surface area contributed by atoms with Gasteiger partial charge in [-0.1, -0.05) is 31.7 Å². The Bertz CT molecular complexity index is 1400. The predicted molar refractivity (Wildman–Crippen MR) is 145 cm³/mol. The predicted octanol–water partition coefficient (Wildman–Crippen LogP) is 5.22. The minimum absolute atomic E-state index is 0.130. The van der Waals surface area contributed by atoms with Crippen molar-refractivity contribution in [1.82, 2.24) is 30.1 Å². The molecular formula is C26H28N8OS.